The first-order chi connectivity index (χ1) is 6.41. The van der Waals surface area contributed by atoms with Crippen LogP contribution in [0.2, 0.25) is 0 Å². The number of nitrogens with zero attached hydrogens (tertiary/aromatic N) is 1. The van der Waals surface area contributed by atoms with Crippen LogP contribution in [0.25, 0.3) is 0 Å². The minimum atomic E-state index is -0.959. The van der Waals surface area contributed by atoms with Crippen LogP contribution in [-0.4, -0.2) is 70.3 Å². The molecule has 15 heavy (non-hydrogen) atoms. The molecule has 84 valence electrons. The third-order valence-electron chi connectivity index (χ3n) is 1.97. The molecular formula is C9H20N3NaO2. The summed E-state index contributed by atoms with van der Waals surface area (Å²) in [5.74, 6) is -0.959. The maximum atomic E-state index is 11.0. The average Bonchev–Trinajstić information content (AvgIpc) is 2.01. The molecule has 0 heterocycles. The maximum absolute atomic E-state index is 11.0. The van der Waals surface area contributed by atoms with Crippen molar-refractivity contribution < 1.29 is 9.90 Å². The van der Waals surface area contributed by atoms with Gasteiger partial charge in [-0.25, -0.2) is 0 Å². The Hall–Kier alpha value is 0.0900. The Morgan fingerprint density at radius 2 is 2.00 bits per heavy atom. The van der Waals surface area contributed by atoms with Crippen LogP contribution in [0.4, 0.5) is 0 Å². The summed E-state index contributed by atoms with van der Waals surface area (Å²) in [6.45, 7) is 7.34. The van der Waals surface area contributed by atoms with Gasteiger partial charge in [-0.2, -0.15) is 0 Å². The van der Waals surface area contributed by atoms with E-state index in [0.29, 0.717) is 6.54 Å². The molecule has 0 spiro atoms. The summed E-state index contributed by atoms with van der Waals surface area (Å²) in [5.41, 5.74) is 11.3. The van der Waals surface area contributed by atoms with Gasteiger partial charge in [0.1, 0.15) is 6.04 Å². The SMILES string of the molecule is C=CCN(C(C)N)C(C(=O)O)C(C)N.[NaH]. The molecule has 0 saturated carbocycles. The van der Waals surface area contributed by atoms with Gasteiger partial charge in [-0.1, -0.05) is 6.08 Å². The topological polar surface area (TPSA) is 92.6 Å². The van der Waals surface area contributed by atoms with Crippen LogP contribution in [0.15, 0.2) is 12.7 Å². The van der Waals surface area contributed by atoms with Crippen molar-refractivity contribution in [1.82, 2.24) is 4.90 Å². The molecule has 0 amide bonds. The minimum absolute atomic E-state index is 0. The normalized spacial score (nSPS) is 16.3. The summed E-state index contributed by atoms with van der Waals surface area (Å²) < 4.78 is 0. The number of carbonyl (C=O) groups is 1. The van der Waals surface area contributed by atoms with Gasteiger partial charge in [-0.15, -0.1) is 6.58 Å². The molecule has 0 aliphatic rings. The predicted octanol–water partition coefficient (Wildman–Crippen LogP) is -1.07. The van der Waals surface area contributed by atoms with E-state index in [2.05, 4.69) is 6.58 Å². The molecule has 0 aromatic heterocycles. The first-order valence-electron chi connectivity index (χ1n) is 4.52. The fraction of sp³-hybridized carbons (Fsp3) is 0.667. The van der Waals surface area contributed by atoms with Gasteiger partial charge in [0.05, 0.1) is 6.17 Å². The van der Waals surface area contributed by atoms with Crippen molar-refractivity contribution in [3.8, 4) is 0 Å². The van der Waals surface area contributed by atoms with E-state index >= 15 is 0 Å². The van der Waals surface area contributed by atoms with Crippen LogP contribution < -0.4 is 11.5 Å². The van der Waals surface area contributed by atoms with Gasteiger partial charge in [0.25, 0.3) is 0 Å². The molecule has 0 aliphatic carbocycles. The molecule has 6 heteroatoms. The van der Waals surface area contributed by atoms with Crippen LogP contribution in [0.1, 0.15) is 13.8 Å². The molecule has 3 unspecified atom stereocenters. The van der Waals surface area contributed by atoms with Gasteiger partial charge in [0.15, 0.2) is 0 Å². The second-order valence-electron chi connectivity index (χ2n) is 3.37. The number of carboxylic acids is 1. The molecule has 3 atom stereocenters. The zero-order chi connectivity index (χ0) is 11.3. The second kappa shape index (κ2) is 8.27. The van der Waals surface area contributed by atoms with Crippen LogP contribution in [0.3, 0.4) is 0 Å². The van der Waals surface area contributed by atoms with E-state index < -0.39 is 18.1 Å². The van der Waals surface area contributed by atoms with E-state index in [4.69, 9.17) is 16.6 Å². The molecule has 0 rings (SSSR count). The first kappa shape index (κ1) is 17.5. The third-order valence-corrected chi connectivity index (χ3v) is 1.97. The van der Waals surface area contributed by atoms with E-state index in [1.54, 1.807) is 24.8 Å². The van der Waals surface area contributed by atoms with Crippen LogP contribution in [-0.2, 0) is 4.79 Å². The Labute approximate surface area is 113 Å². The zero-order valence-electron chi connectivity index (χ0n) is 8.68. The molecule has 0 fully saturated rings. The Morgan fingerprint density at radius 3 is 2.20 bits per heavy atom. The molecule has 0 aromatic carbocycles. The van der Waals surface area contributed by atoms with Crippen LogP contribution >= 0.6 is 0 Å². The van der Waals surface area contributed by atoms with E-state index in [1.807, 2.05) is 0 Å². The molecular weight excluding hydrogens is 205 g/mol. The summed E-state index contributed by atoms with van der Waals surface area (Å²) in [6.07, 6.45) is 1.25. The average molecular weight is 225 g/mol. The van der Waals surface area contributed by atoms with Crippen molar-refractivity contribution in [2.45, 2.75) is 32.1 Å². The summed E-state index contributed by atoms with van der Waals surface area (Å²) in [6, 6.07) is -1.24. The quantitative estimate of drug-likeness (QED) is 0.304. The summed E-state index contributed by atoms with van der Waals surface area (Å²) >= 11 is 0. The molecule has 5 N–H and O–H groups in total. The van der Waals surface area contributed by atoms with Gasteiger partial charge >= 0.3 is 35.5 Å². The standard InChI is InChI=1S/C9H19N3O2.Na.H/c1-4-5-12(7(3)11)8(6(2)10)9(13)14;;/h4,6-8H,1,5,10-11H2,2-3H3,(H,13,14);;. The second-order valence-corrected chi connectivity index (χ2v) is 3.37. The summed E-state index contributed by atoms with van der Waals surface area (Å²) in [7, 11) is 0. The summed E-state index contributed by atoms with van der Waals surface area (Å²) in [5, 5.41) is 8.98. The zero-order valence-corrected chi connectivity index (χ0v) is 8.68. The van der Waals surface area contributed by atoms with Crippen molar-refractivity contribution >= 4 is 35.5 Å². The third kappa shape index (κ3) is 5.65. The molecule has 0 bridgehead atoms. The number of carboxylic acid groups (broad SMARTS) is 1. The van der Waals surface area contributed by atoms with Crippen LogP contribution in [0.5, 0.6) is 0 Å². The van der Waals surface area contributed by atoms with Gasteiger partial charge in [0, 0.05) is 12.6 Å². The van der Waals surface area contributed by atoms with Crippen LogP contribution in [0, 0.1) is 0 Å². The van der Waals surface area contributed by atoms with E-state index in [1.165, 1.54) is 0 Å². The predicted molar refractivity (Wildman–Crippen MR) is 62.8 cm³/mol. The fourth-order valence-corrected chi connectivity index (χ4v) is 1.35. The molecule has 0 radical (unpaired) electrons. The van der Waals surface area contributed by atoms with Gasteiger partial charge in [0.2, 0.25) is 0 Å². The Bertz CT molecular complexity index is 210. The first-order valence-corrected chi connectivity index (χ1v) is 4.52. The van der Waals surface area contributed by atoms with Gasteiger partial charge < -0.3 is 16.6 Å². The summed E-state index contributed by atoms with van der Waals surface area (Å²) in [4.78, 5) is 12.5. The number of hydrogen-bond donors (Lipinski definition) is 3. The van der Waals surface area contributed by atoms with Crippen molar-refractivity contribution in [3.63, 3.8) is 0 Å². The number of rotatable bonds is 6. The van der Waals surface area contributed by atoms with E-state index in [9.17, 15) is 4.79 Å². The Kier molecular flexibility index (Phi) is 9.63. The number of nitrogens with two attached hydrogens (primary N) is 2. The van der Waals surface area contributed by atoms with Crippen molar-refractivity contribution in [3.05, 3.63) is 12.7 Å². The number of hydrogen-bond acceptors (Lipinski definition) is 4. The molecule has 0 aromatic rings. The number of aliphatic carboxylic acids is 1. The van der Waals surface area contributed by atoms with Gasteiger partial charge in [-0.3, -0.25) is 9.69 Å². The Morgan fingerprint density at radius 1 is 1.53 bits per heavy atom. The van der Waals surface area contributed by atoms with Crippen molar-refractivity contribution in [1.29, 1.82) is 0 Å². The van der Waals surface area contributed by atoms with Gasteiger partial charge in [-0.05, 0) is 13.8 Å². The monoisotopic (exact) mass is 225 g/mol. The fourth-order valence-electron chi connectivity index (χ4n) is 1.35. The Balaban J connectivity index is 0. The van der Waals surface area contributed by atoms with E-state index in [0.717, 1.165) is 0 Å². The molecule has 5 nitrogen and oxygen atoms in total. The van der Waals surface area contributed by atoms with Crippen molar-refractivity contribution in [2.75, 3.05) is 6.54 Å². The van der Waals surface area contributed by atoms with E-state index in [-0.39, 0.29) is 35.7 Å². The molecule has 0 aliphatic heterocycles. The van der Waals surface area contributed by atoms with Crippen molar-refractivity contribution in [2.24, 2.45) is 11.5 Å². The molecule has 0 saturated heterocycles.